The van der Waals surface area contributed by atoms with Gasteiger partial charge in [-0.25, -0.2) is 0 Å². The molecule has 3 N–H and O–H groups in total. The molecule has 0 spiro atoms. The second-order valence-corrected chi connectivity index (χ2v) is 4.92. The van der Waals surface area contributed by atoms with Gasteiger partial charge in [0.05, 0.1) is 13.7 Å². The lowest BCUT2D eigenvalue weighted by Crippen LogP contribution is -2.33. The summed E-state index contributed by atoms with van der Waals surface area (Å²) >= 11 is 0. The fraction of sp³-hybridized carbons (Fsp3) is 0.533. The van der Waals surface area contributed by atoms with E-state index in [0.717, 1.165) is 31.0 Å². The zero-order valence-corrected chi connectivity index (χ0v) is 12.6. The molecule has 0 aromatic heterocycles. The van der Waals surface area contributed by atoms with Gasteiger partial charge >= 0.3 is 0 Å². The number of rotatable bonds is 8. The molecule has 1 aromatic carbocycles. The standard InChI is InChI=1S/C15H25N3O2/c1-12(2)11-18-15(16)17-9-4-10-20-14-7-5-13(19-3)6-8-14/h5-8,12H,4,9-11H2,1-3H3,(H3,16,17,18). The van der Waals surface area contributed by atoms with Crippen molar-refractivity contribution in [3.63, 3.8) is 0 Å². The molecule has 0 fully saturated rings. The molecule has 112 valence electrons. The number of aliphatic imine (C=N–C) groups is 1. The number of nitrogens with one attached hydrogen (secondary N) is 1. The quantitative estimate of drug-likeness (QED) is 0.434. The summed E-state index contributed by atoms with van der Waals surface area (Å²) in [5.41, 5.74) is 5.73. The van der Waals surface area contributed by atoms with E-state index in [0.29, 0.717) is 18.5 Å². The van der Waals surface area contributed by atoms with Crippen molar-refractivity contribution in [1.29, 1.82) is 0 Å². The number of guanidine groups is 1. The van der Waals surface area contributed by atoms with Crippen LogP contribution in [0.3, 0.4) is 0 Å². The van der Waals surface area contributed by atoms with E-state index in [1.807, 2.05) is 24.3 Å². The molecular weight excluding hydrogens is 254 g/mol. The number of ether oxygens (including phenoxy) is 2. The Hall–Kier alpha value is -1.91. The summed E-state index contributed by atoms with van der Waals surface area (Å²) in [5, 5.41) is 3.07. The Labute approximate surface area is 121 Å². The van der Waals surface area contributed by atoms with Crippen LogP contribution in [0.4, 0.5) is 0 Å². The number of hydrogen-bond acceptors (Lipinski definition) is 3. The molecule has 1 rings (SSSR count). The number of benzene rings is 1. The molecular formula is C15H25N3O2. The van der Waals surface area contributed by atoms with Gasteiger partial charge < -0.3 is 20.5 Å². The molecule has 0 amide bonds. The van der Waals surface area contributed by atoms with E-state index in [9.17, 15) is 0 Å². The SMILES string of the molecule is COc1ccc(OCCCNC(N)=NCC(C)C)cc1. The minimum absolute atomic E-state index is 0.503. The average molecular weight is 279 g/mol. The van der Waals surface area contributed by atoms with Crippen LogP contribution in [0.25, 0.3) is 0 Å². The maximum absolute atomic E-state index is 5.73. The van der Waals surface area contributed by atoms with Crippen LogP contribution in [0.1, 0.15) is 20.3 Å². The second kappa shape index (κ2) is 9.07. The Kier molecular flexibility index (Phi) is 7.32. The third-order valence-corrected chi connectivity index (χ3v) is 2.58. The summed E-state index contributed by atoms with van der Waals surface area (Å²) in [4.78, 5) is 4.23. The lowest BCUT2D eigenvalue weighted by atomic mass is 10.2. The van der Waals surface area contributed by atoms with Crippen LogP contribution in [-0.4, -0.2) is 32.8 Å². The molecule has 0 unspecified atom stereocenters. The number of nitrogens with zero attached hydrogens (tertiary/aromatic N) is 1. The highest BCUT2D eigenvalue weighted by atomic mass is 16.5. The van der Waals surface area contributed by atoms with Crippen LogP contribution in [0, 0.1) is 5.92 Å². The van der Waals surface area contributed by atoms with Gasteiger partial charge in [0.25, 0.3) is 0 Å². The van der Waals surface area contributed by atoms with E-state index in [4.69, 9.17) is 15.2 Å². The van der Waals surface area contributed by atoms with Gasteiger partial charge in [0.15, 0.2) is 5.96 Å². The van der Waals surface area contributed by atoms with Crippen LogP contribution in [0.5, 0.6) is 11.5 Å². The van der Waals surface area contributed by atoms with Crippen molar-refractivity contribution >= 4 is 5.96 Å². The first-order valence-electron chi connectivity index (χ1n) is 6.92. The molecule has 0 aliphatic rings. The molecule has 0 heterocycles. The molecule has 0 atom stereocenters. The highest BCUT2D eigenvalue weighted by Gasteiger charge is 1.96. The molecule has 0 radical (unpaired) electrons. The molecule has 1 aromatic rings. The van der Waals surface area contributed by atoms with Gasteiger partial charge in [0, 0.05) is 13.1 Å². The Morgan fingerprint density at radius 1 is 1.25 bits per heavy atom. The number of methoxy groups -OCH3 is 1. The highest BCUT2D eigenvalue weighted by molar-refractivity contribution is 5.77. The number of hydrogen-bond donors (Lipinski definition) is 2. The first-order valence-corrected chi connectivity index (χ1v) is 6.92. The Morgan fingerprint density at radius 3 is 2.50 bits per heavy atom. The molecule has 0 saturated carbocycles. The molecule has 5 heteroatoms. The molecule has 0 saturated heterocycles. The lowest BCUT2D eigenvalue weighted by molar-refractivity contribution is 0.310. The first kappa shape index (κ1) is 16.1. The fourth-order valence-corrected chi connectivity index (χ4v) is 1.49. The van der Waals surface area contributed by atoms with Crippen molar-refractivity contribution in [1.82, 2.24) is 5.32 Å². The van der Waals surface area contributed by atoms with Gasteiger partial charge in [-0.1, -0.05) is 13.8 Å². The maximum atomic E-state index is 5.73. The largest absolute Gasteiger partial charge is 0.497 e. The lowest BCUT2D eigenvalue weighted by Gasteiger charge is -2.08. The topological polar surface area (TPSA) is 68.9 Å². The van der Waals surface area contributed by atoms with Crippen LogP contribution in [0.2, 0.25) is 0 Å². The molecule has 0 bridgehead atoms. The van der Waals surface area contributed by atoms with Gasteiger partial charge in [-0.05, 0) is 36.6 Å². The molecule has 20 heavy (non-hydrogen) atoms. The summed E-state index contributed by atoms with van der Waals surface area (Å²) in [7, 11) is 1.65. The van der Waals surface area contributed by atoms with Gasteiger partial charge in [-0.15, -0.1) is 0 Å². The van der Waals surface area contributed by atoms with Gasteiger partial charge in [-0.2, -0.15) is 0 Å². The van der Waals surface area contributed by atoms with Crippen molar-refractivity contribution in [2.45, 2.75) is 20.3 Å². The minimum atomic E-state index is 0.503. The molecule has 0 aliphatic heterocycles. The van der Waals surface area contributed by atoms with E-state index < -0.39 is 0 Å². The minimum Gasteiger partial charge on any atom is -0.497 e. The van der Waals surface area contributed by atoms with E-state index in [1.54, 1.807) is 7.11 Å². The third kappa shape index (κ3) is 6.87. The summed E-state index contributed by atoms with van der Waals surface area (Å²) < 4.78 is 10.7. The summed E-state index contributed by atoms with van der Waals surface area (Å²) in [5.74, 6) is 2.69. The zero-order chi connectivity index (χ0) is 14.8. The smallest absolute Gasteiger partial charge is 0.188 e. The predicted octanol–water partition coefficient (Wildman–Crippen LogP) is 2.02. The van der Waals surface area contributed by atoms with Crippen LogP contribution >= 0.6 is 0 Å². The number of nitrogens with two attached hydrogens (primary N) is 1. The van der Waals surface area contributed by atoms with Crippen LogP contribution < -0.4 is 20.5 Å². The summed E-state index contributed by atoms with van der Waals surface area (Å²) in [6.07, 6.45) is 0.865. The van der Waals surface area contributed by atoms with E-state index in [2.05, 4.69) is 24.2 Å². The Balaban J connectivity index is 2.13. The maximum Gasteiger partial charge on any atom is 0.188 e. The third-order valence-electron chi connectivity index (χ3n) is 2.58. The van der Waals surface area contributed by atoms with Crippen molar-refractivity contribution in [3.8, 4) is 11.5 Å². The zero-order valence-electron chi connectivity index (χ0n) is 12.6. The van der Waals surface area contributed by atoms with E-state index in [-0.39, 0.29) is 0 Å². The van der Waals surface area contributed by atoms with E-state index in [1.165, 1.54) is 0 Å². The normalized spacial score (nSPS) is 11.5. The van der Waals surface area contributed by atoms with Gasteiger partial charge in [-0.3, -0.25) is 4.99 Å². The first-order chi connectivity index (χ1) is 9.61. The Morgan fingerprint density at radius 2 is 1.90 bits per heavy atom. The molecule has 5 nitrogen and oxygen atoms in total. The van der Waals surface area contributed by atoms with Gasteiger partial charge in [0.1, 0.15) is 11.5 Å². The summed E-state index contributed by atoms with van der Waals surface area (Å²) in [6, 6.07) is 7.55. The Bertz CT molecular complexity index is 402. The molecule has 0 aliphatic carbocycles. The highest BCUT2D eigenvalue weighted by Crippen LogP contribution is 2.16. The van der Waals surface area contributed by atoms with Crippen molar-refractivity contribution in [3.05, 3.63) is 24.3 Å². The van der Waals surface area contributed by atoms with Crippen LogP contribution in [-0.2, 0) is 0 Å². The van der Waals surface area contributed by atoms with Crippen molar-refractivity contribution < 1.29 is 9.47 Å². The summed E-state index contributed by atoms with van der Waals surface area (Å²) in [6.45, 7) is 6.36. The van der Waals surface area contributed by atoms with Crippen LogP contribution in [0.15, 0.2) is 29.3 Å². The average Bonchev–Trinajstić information content (AvgIpc) is 2.45. The monoisotopic (exact) mass is 279 g/mol. The predicted molar refractivity (Wildman–Crippen MR) is 82.4 cm³/mol. The van der Waals surface area contributed by atoms with Gasteiger partial charge in [0.2, 0.25) is 0 Å². The fourth-order valence-electron chi connectivity index (χ4n) is 1.49. The second-order valence-electron chi connectivity index (χ2n) is 4.92. The van der Waals surface area contributed by atoms with Crippen molar-refractivity contribution in [2.24, 2.45) is 16.6 Å². The van der Waals surface area contributed by atoms with Crippen molar-refractivity contribution in [2.75, 3.05) is 26.8 Å². The van der Waals surface area contributed by atoms with E-state index >= 15 is 0 Å².